The van der Waals surface area contributed by atoms with Crippen LogP contribution in [0.2, 0.25) is 0 Å². The SMILES string of the molecule is CC(C)Cc1ccc(-c2ccccc2OC(=O)Oc2ccccc2-c2ccc(CC(C)C)cc2)cc1. The molecule has 0 unspecified atom stereocenters. The first-order valence-electron chi connectivity index (χ1n) is 12.7. The zero-order valence-corrected chi connectivity index (χ0v) is 21.5. The second kappa shape index (κ2) is 11.7. The molecular formula is C33H34O3. The van der Waals surface area contributed by atoms with Gasteiger partial charge in [0.25, 0.3) is 0 Å². The molecule has 0 saturated heterocycles. The van der Waals surface area contributed by atoms with Crippen LogP contribution in [0.15, 0.2) is 97.1 Å². The van der Waals surface area contributed by atoms with Gasteiger partial charge in [-0.1, -0.05) is 113 Å². The Morgan fingerprint density at radius 3 is 1.28 bits per heavy atom. The fourth-order valence-electron chi connectivity index (χ4n) is 4.37. The quantitative estimate of drug-likeness (QED) is 0.187. The van der Waals surface area contributed by atoms with Gasteiger partial charge in [0, 0.05) is 11.1 Å². The monoisotopic (exact) mass is 478 g/mol. The van der Waals surface area contributed by atoms with Crippen LogP contribution in [0.5, 0.6) is 11.5 Å². The van der Waals surface area contributed by atoms with E-state index in [0.29, 0.717) is 23.3 Å². The van der Waals surface area contributed by atoms with E-state index >= 15 is 0 Å². The summed E-state index contributed by atoms with van der Waals surface area (Å²) in [6.45, 7) is 8.84. The molecule has 0 aromatic heterocycles. The van der Waals surface area contributed by atoms with E-state index < -0.39 is 6.16 Å². The summed E-state index contributed by atoms with van der Waals surface area (Å²) in [5.74, 6) is 2.13. The van der Waals surface area contributed by atoms with Crippen molar-refractivity contribution < 1.29 is 14.3 Å². The van der Waals surface area contributed by atoms with Crippen LogP contribution in [0.3, 0.4) is 0 Å². The average Bonchev–Trinajstić information content (AvgIpc) is 2.85. The highest BCUT2D eigenvalue weighted by atomic mass is 16.7. The molecule has 0 aliphatic carbocycles. The normalized spacial score (nSPS) is 11.1. The lowest BCUT2D eigenvalue weighted by Gasteiger charge is -2.13. The molecule has 0 heterocycles. The van der Waals surface area contributed by atoms with Crippen molar-refractivity contribution in [1.29, 1.82) is 0 Å². The van der Waals surface area contributed by atoms with Gasteiger partial charge in [0.2, 0.25) is 0 Å². The first-order valence-corrected chi connectivity index (χ1v) is 12.7. The summed E-state index contributed by atoms with van der Waals surface area (Å²) in [5.41, 5.74) is 6.26. The smallest absolute Gasteiger partial charge is 0.394 e. The zero-order valence-electron chi connectivity index (χ0n) is 21.5. The largest absolute Gasteiger partial charge is 0.519 e. The molecule has 0 amide bonds. The topological polar surface area (TPSA) is 35.5 Å². The van der Waals surface area contributed by atoms with E-state index in [1.807, 2.05) is 36.4 Å². The van der Waals surface area contributed by atoms with Crippen LogP contribution < -0.4 is 9.47 Å². The summed E-state index contributed by atoms with van der Waals surface area (Å²) in [5, 5.41) is 0. The fourth-order valence-corrected chi connectivity index (χ4v) is 4.37. The van der Waals surface area contributed by atoms with Gasteiger partial charge < -0.3 is 9.47 Å². The van der Waals surface area contributed by atoms with E-state index in [0.717, 1.165) is 35.1 Å². The van der Waals surface area contributed by atoms with Gasteiger partial charge in [-0.3, -0.25) is 0 Å². The predicted octanol–water partition coefficient (Wildman–Crippen LogP) is 9.00. The number of ether oxygens (including phenoxy) is 2. The first-order chi connectivity index (χ1) is 17.4. The lowest BCUT2D eigenvalue weighted by atomic mass is 9.99. The lowest BCUT2D eigenvalue weighted by molar-refractivity contribution is 0.152. The maximum Gasteiger partial charge on any atom is 0.519 e. The molecule has 4 aromatic rings. The van der Waals surface area contributed by atoms with E-state index in [1.54, 1.807) is 12.1 Å². The van der Waals surface area contributed by atoms with Crippen LogP contribution in [0.4, 0.5) is 4.79 Å². The van der Waals surface area contributed by atoms with Gasteiger partial charge in [-0.2, -0.15) is 0 Å². The molecule has 0 N–H and O–H groups in total. The van der Waals surface area contributed by atoms with Crippen molar-refractivity contribution in [2.75, 3.05) is 0 Å². The van der Waals surface area contributed by atoms with Crippen molar-refractivity contribution in [2.45, 2.75) is 40.5 Å². The third-order valence-electron chi connectivity index (χ3n) is 5.98. The predicted molar refractivity (Wildman–Crippen MR) is 147 cm³/mol. The van der Waals surface area contributed by atoms with Crippen LogP contribution in [0.25, 0.3) is 22.3 Å². The molecule has 3 heteroatoms. The standard InChI is InChI=1S/C33H34O3/c1-23(2)21-25-13-17-27(18-14-25)29-9-5-7-11-31(29)35-33(34)36-32-12-8-6-10-30(32)28-19-15-26(16-20-28)22-24(3)4/h5-20,23-24H,21-22H2,1-4H3. The van der Waals surface area contributed by atoms with Gasteiger partial charge in [0.15, 0.2) is 0 Å². The third kappa shape index (κ3) is 6.63. The van der Waals surface area contributed by atoms with Gasteiger partial charge in [0.1, 0.15) is 11.5 Å². The summed E-state index contributed by atoms with van der Waals surface area (Å²) in [6, 6.07) is 31.9. The number of hydrogen-bond acceptors (Lipinski definition) is 3. The summed E-state index contributed by atoms with van der Waals surface area (Å²) >= 11 is 0. The maximum absolute atomic E-state index is 12.9. The Balaban J connectivity index is 1.51. The number of para-hydroxylation sites is 2. The molecule has 4 aromatic carbocycles. The first kappa shape index (κ1) is 25.2. The van der Waals surface area contributed by atoms with Gasteiger partial charge in [-0.15, -0.1) is 0 Å². The maximum atomic E-state index is 12.9. The number of hydrogen-bond donors (Lipinski definition) is 0. The van der Waals surface area contributed by atoms with Crippen molar-refractivity contribution in [1.82, 2.24) is 0 Å². The zero-order chi connectivity index (χ0) is 25.5. The molecule has 0 atom stereocenters. The molecule has 0 aliphatic heterocycles. The highest BCUT2D eigenvalue weighted by Gasteiger charge is 2.15. The Hall–Kier alpha value is -3.85. The van der Waals surface area contributed by atoms with Crippen LogP contribution >= 0.6 is 0 Å². The Labute approximate surface area is 214 Å². The Kier molecular flexibility index (Phi) is 8.22. The second-order valence-corrected chi connectivity index (χ2v) is 10.0. The Bertz CT molecular complexity index is 1180. The van der Waals surface area contributed by atoms with Crippen LogP contribution in [-0.2, 0) is 12.8 Å². The van der Waals surface area contributed by atoms with E-state index in [-0.39, 0.29) is 0 Å². The lowest BCUT2D eigenvalue weighted by Crippen LogP contribution is -2.14. The molecule has 4 rings (SSSR count). The van der Waals surface area contributed by atoms with Crippen molar-refractivity contribution in [3.63, 3.8) is 0 Å². The molecule has 0 bridgehead atoms. The minimum Gasteiger partial charge on any atom is -0.394 e. The number of carbonyl (C=O) groups excluding carboxylic acids is 1. The van der Waals surface area contributed by atoms with Crippen molar-refractivity contribution in [3.05, 3.63) is 108 Å². The van der Waals surface area contributed by atoms with E-state index in [4.69, 9.17) is 9.47 Å². The van der Waals surface area contributed by atoms with E-state index in [2.05, 4.69) is 76.2 Å². The van der Waals surface area contributed by atoms with Gasteiger partial charge >= 0.3 is 6.16 Å². The highest BCUT2D eigenvalue weighted by molar-refractivity contribution is 5.78. The molecular weight excluding hydrogens is 444 g/mol. The number of rotatable bonds is 8. The van der Waals surface area contributed by atoms with Crippen molar-refractivity contribution in [3.8, 4) is 33.8 Å². The van der Waals surface area contributed by atoms with E-state index in [1.165, 1.54) is 11.1 Å². The molecule has 0 aliphatic rings. The summed E-state index contributed by atoms with van der Waals surface area (Å²) in [6.07, 6.45) is 1.30. The molecule has 0 fully saturated rings. The van der Waals surface area contributed by atoms with Crippen molar-refractivity contribution in [2.24, 2.45) is 11.8 Å². The second-order valence-electron chi connectivity index (χ2n) is 10.0. The Morgan fingerprint density at radius 1 is 0.556 bits per heavy atom. The molecule has 0 radical (unpaired) electrons. The Morgan fingerprint density at radius 2 is 0.917 bits per heavy atom. The highest BCUT2D eigenvalue weighted by Crippen LogP contribution is 2.33. The van der Waals surface area contributed by atoms with Gasteiger partial charge in [0.05, 0.1) is 0 Å². The van der Waals surface area contributed by atoms with Gasteiger partial charge in [-0.05, 0) is 59.1 Å². The summed E-state index contributed by atoms with van der Waals surface area (Å²) < 4.78 is 11.4. The third-order valence-corrected chi connectivity index (χ3v) is 5.98. The summed E-state index contributed by atoms with van der Waals surface area (Å²) in [7, 11) is 0. The van der Waals surface area contributed by atoms with Crippen LogP contribution in [0.1, 0.15) is 38.8 Å². The summed E-state index contributed by atoms with van der Waals surface area (Å²) in [4.78, 5) is 12.9. The fraction of sp³-hybridized carbons (Fsp3) is 0.242. The van der Waals surface area contributed by atoms with Crippen LogP contribution in [0, 0.1) is 11.8 Å². The van der Waals surface area contributed by atoms with Crippen LogP contribution in [-0.4, -0.2) is 6.16 Å². The molecule has 0 saturated carbocycles. The van der Waals surface area contributed by atoms with Crippen molar-refractivity contribution >= 4 is 6.16 Å². The van der Waals surface area contributed by atoms with E-state index in [9.17, 15) is 4.79 Å². The molecule has 3 nitrogen and oxygen atoms in total. The molecule has 0 spiro atoms. The van der Waals surface area contributed by atoms with Gasteiger partial charge in [-0.25, -0.2) is 4.79 Å². The molecule has 36 heavy (non-hydrogen) atoms. The minimum atomic E-state index is -0.761. The number of benzene rings is 4. The average molecular weight is 479 g/mol. The molecule has 184 valence electrons. The number of carbonyl (C=O) groups is 1. The minimum absolute atomic E-state index is 0.467.